The van der Waals surface area contributed by atoms with Gasteiger partial charge in [-0.1, -0.05) is 36.4 Å². The summed E-state index contributed by atoms with van der Waals surface area (Å²) in [6, 6.07) is 16.2. The van der Waals surface area contributed by atoms with Gasteiger partial charge in [0.1, 0.15) is 11.8 Å². The van der Waals surface area contributed by atoms with Crippen molar-refractivity contribution < 1.29 is 13.5 Å². The van der Waals surface area contributed by atoms with Gasteiger partial charge in [0, 0.05) is 12.4 Å². The predicted molar refractivity (Wildman–Crippen MR) is 89.5 cm³/mol. The molecule has 0 fully saturated rings. The molecule has 0 saturated carbocycles. The van der Waals surface area contributed by atoms with Gasteiger partial charge in [-0.2, -0.15) is 10.4 Å². The highest BCUT2D eigenvalue weighted by molar-refractivity contribution is 7.95. The Hall–Kier alpha value is -3.11. The van der Waals surface area contributed by atoms with Crippen molar-refractivity contribution in [2.24, 2.45) is 7.05 Å². The van der Waals surface area contributed by atoms with Crippen molar-refractivity contribution >= 4 is 26.5 Å². The Labute approximate surface area is 138 Å². The first-order valence-corrected chi connectivity index (χ1v) is 8.50. The van der Waals surface area contributed by atoms with Gasteiger partial charge in [0.15, 0.2) is 10.7 Å². The molecule has 0 aliphatic rings. The largest absolute Gasteiger partial charge is 0.504 e. The molecular weight excluding hydrogens is 326 g/mol. The van der Waals surface area contributed by atoms with Crippen LogP contribution in [0.2, 0.25) is 0 Å². The second kappa shape index (κ2) is 5.83. The van der Waals surface area contributed by atoms with Crippen molar-refractivity contribution in [2.45, 2.75) is 4.90 Å². The van der Waals surface area contributed by atoms with Gasteiger partial charge in [-0.15, -0.1) is 0 Å². The summed E-state index contributed by atoms with van der Waals surface area (Å²) in [4.78, 5) is -0.786. The Morgan fingerprint density at radius 2 is 1.75 bits per heavy atom. The lowest BCUT2D eigenvalue weighted by Crippen LogP contribution is -2.07. The van der Waals surface area contributed by atoms with Crippen LogP contribution in [0.1, 0.15) is 5.69 Å². The number of allylic oxidation sites excluding steroid dienone is 1. The summed E-state index contributed by atoms with van der Waals surface area (Å²) >= 11 is 0. The summed E-state index contributed by atoms with van der Waals surface area (Å²) in [5, 5.41) is 24.6. The smallest absolute Gasteiger partial charge is 0.220 e. The van der Waals surface area contributed by atoms with Crippen LogP contribution in [0.25, 0.3) is 16.7 Å². The van der Waals surface area contributed by atoms with Crippen LogP contribution in [0.5, 0.6) is 0 Å². The van der Waals surface area contributed by atoms with E-state index in [4.69, 9.17) is 0 Å². The van der Waals surface area contributed by atoms with E-state index in [0.29, 0.717) is 10.9 Å². The quantitative estimate of drug-likeness (QED) is 0.585. The number of hydrogen-bond donors (Lipinski definition) is 1. The lowest BCUT2D eigenvalue weighted by atomic mass is 10.2. The average Bonchev–Trinajstić information content (AvgIpc) is 2.93. The highest BCUT2D eigenvalue weighted by Crippen LogP contribution is 2.29. The molecule has 0 aliphatic heterocycles. The van der Waals surface area contributed by atoms with E-state index >= 15 is 0 Å². The summed E-state index contributed by atoms with van der Waals surface area (Å²) in [6.45, 7) is 0. The molecule has 0 bridgehead atoms. The molecule has 1 heterocycles. The van der Waals surface area contributed by atoms with Crippen molar-refractivity contribution in [2.75, 3.05) is 0 Å². The number of hydrogen-bond acceptors (Lipinski definition) is 5. The molecule has 2 aromatic carbocycles. The van der Waals surface area contributed by atoms with Crippen LogP contribution < -0.4 is 0 Å². The van der Waals surface area contributed by atoms with E-state index in [1.807, 2.05) is 0 Å². The van der Waals surface area contributed by atoms with Crippen molar-refractivity contribution in [3.05, 3.63) is 65.2 Å². The fourth-order valence-electron chi connectivity index (χ4n) is 2.45. The van der Waals surface area contributed by atoms with Crippen LogP contribution in [0.4, 0.5) is 0 Å². The molecule has 0 spiro atoms. The van der Waals surface area contributed by atoms with E-state index in [-0.39, 0.29) is 10.6 Å². The highest BCUT2D eigenvalue weighted by Gasteiger charge is 2.27. The number of nitrogens with zero attached hydrogens (tertiary/aromatic N) is 3. The minimum atomic E-state index is -4.14. The Morgan fingerprint density at radius 1 is 1.12 bits per heavy atom. The third-order valence-electron chi connectivity index (χ3n) is 3.62. The fourth-order valence-corrected chi connectivity index (χ4v) is 3.68. The maximum atomic E-state index is 12.6. The van der Waals surface area contributed by atoms with Crippen molar-refractivity contribution in [3.8, 4) is 6.07 Å². The number of fused-ring (bicyclic) bond motifs is 1. The molecule has 3 rings (SSSR count). The maximum absolute atomic E-state index is 12.6. The van der Waals surface area contributed by atoms with Gasteiger partial charge in [-0.3, -0.25) is 4.68 Å². The SMILES string of the molecule is Cn1nc(C(O)=C(C#N)S(=O)(=O)c2ccccc2)c2ccccc21. The molecule has 7 heteroatoms. The number of aromatic nitrogens is 2. The number of para-hydroxylation sites is 1. The normalized spacial score (nSPS) is 12.7. The molecule has 3 aromatic rings. The molecule has 24 heavy (non-hydrogen) atoms. The molecule has 0 amide bonds. The second-order valence-corrected chi connectivity index (χ2v) is 6.98. The summed E-state index contributed by atoms with van der Waals surface area (Å²) in [5.41, 5.74) is 0.776. The van der Waals surface area contributed by atoms with E-state index in [2.05, 4.69) is 5.10 Å². The van der Waals surface area contributed by atoms with Gasteiger partial charge in [0.05, 0.1) is 10.4 Å². The second-order valence-electron chi connectivity index (χ2n) is 5.10. The molecule has 0 aliphatic carbocycles. The minimum absolute atomic E-state index is 0.0594. The number of benzene rings is 2. The standard InChI is InChI=1S/C17H13N3O3S/c1-20-14-10-6-5-9-13(14)16(19-20)17(21)15(11-18)24(22,23)12-7-3-2-4-8-12/h2-10,21H,1H3. The summed E-state index contributed by atoms with van der Waals surface area (Å²) < 4.78 is 26.8. The van der Waals surface area contributed by atoms with Gasteiger partial charge in [-0.05, 0) is 18.2 Å². The summed E-state index contributed by atoms with van der Waals surface area (Å²) in [7, 11) is -2.46. The van der Waals surface area contributed by atoms with Gasteiger partial charge >= 0.3 is 0 Å². The fraction of sp³-hybridized carbons (Fsp3) is 0.0588. The highest BCUT2D eigenvalue weighted by atomic mass is 32.2. The van der Waals surface area contributed by atoms with Gasteiger partial charge < -0.3 is 5.11 Å². The molecule has 0 atom stereocenters. The van der Waals surface area contributed by atoms with Crippen LogP contribution in [0.3, 0.4) is 0 Å². The topological polar surface area (TPSA) is 96.0 Å². The van der Waals surface area contributed by atoms with Crippen molar-refractivity contribution in [1.29, 1.82) is 5.26 Å². The zero-order valence-electron chi connectivity index (χ0n) is 12.7. The maximum Gasteiger partial charge on any atom is 0.220 e. The Balaban J connectivity index is 2.28. The molecule has 0 unspecified atom stereocenters. The first-order chi connectivity index (χ1) is 11.5. The Morgan fingerprint density at radius 3 is 2.42 bits per heavy atom. The molecule has 0 radical (unpaired) electrons. The van der Waals surface area contributed by atoms with Crippen LogP contribution >= 0.6 is 0 Å². The minimum Gasteiger partial charge on any atom is -0.504 e. The molecule has 120 valence electrons. The van der Waals surface area contributed by atoms with Crippen molar-refractivity contribution in [3.63, 3.8) is 0 Å². The number of rotatable bonds is 3. The first kappa shape index (κ1) is 15.8. The third kappa shape index (κ3) is 2.43. The lowest BCUT2D eigenvalue weighted by Gasteiger charge is -2.05. The summed E-state index contributed by atoms with van der Waals surface area (Å²) in [5.74, 6) is -0.654. The van der Waals surface area contributed by atoms with Crippen LogP contribution in [0, 0.1) is 11.3 Å². The summed E-state index contributed by atoms with van der Waals surface area (Å²) in [6.07, 6.45) is 0. The average molecular weight is 339 g/mol. The van der Waals surface area contributed by atoms with Crippen LogP contribution in [0.15, 0.2) is 64.4 Å². The van der Waals surface area contributed by atoms with E-state index < -0.39 is 20.5 Å². The number of aryl methyl sites for hydroxylation is 1. The number of aliphatic hydroxyl groups excluding tert-OH is 1. The third-order valence-corrected chi connectivity index (χ3v) is 5.34. The van der Waals surface area contributed by atoms with Crippen LogP contribution in [-0.2, 0) is 16.9 Å². The van der Waals surface area contributed by atoms with Gasteiger partial charge in [0.25, 0.3) is 0 Å². The molecule has 1 N–H and O–H groups in total. The van der Waals surface area contributed by atoms with E-state index in [1.165, 1.54) is 16.8 Å². The van der Waals surface area contributed by atoms with E-state index in [9.17, 15) is 18.8 Å². The zero-order valence-corrected chi connectivity index (χ0v) is 13.5. The molecular formula is C17H13N3O3S. The number of aliphatic hydroxyl groups is 1. The molecule has 0 saturated heterocycles. The Kier molecular flexibility index (Phi) is 3.83. The molecule has 6 nitrogen and oxygen atoms in total. The van der Waals surface area contributed by atoms with E-state index in [1.54, 1.807) is 55.6 Å². The van der Waals surface area contributed by atoms with Gasteiger partial charge in [-0.25, -0.2) is 8.42 Å². The van der Waals surface area contributed by atoms with Crippen molar-refractivity contribution in [1.82, 2.24) is 9.78 Å². The predicted octanol–water partition coefficient (Wildman–Crippen LogP) is 2.80. The van der Waals surface area contributed by atoms with Crippen LogP contribution in [-0.4, -0.2) is 23.3 Å². The Bertz CT molecular complexity index is 1090. The van der Waals surface area contributed by atoms with E-state index in [0.717, 1.165) is 0 Å². The monoisotopic (exact) mass is 339 g/mol. The van der Waals surface area contributed by atoms with Gasteiger partial charge in [0.2, 0.25) is 9.84 Å². The molecule has 1 aromatic heterocycles. The number of sulfone groups is 1. The lowest BCUT2D eigenvalue weighted by molar-refractivity contribution is 0.505. The zero-order chi connectivity index (χ0) is 17.3. The number of nitriles is 1. The first-order valence-electron chi connectivity index (χ1n) is 7.02.